The van der Waals surface area contributed by atoms with Gasteiger partial charge >= 0.3 is 0 Å². The summed E-state index contributed by atoms with van der Waals surface area (Å²) in [6.07, 6.45) is 1.39. The van der Waals surface area contributed by atoms with Crippen LogP contribution in [0.2, 0.25) is 0 Å². The highest BCUT2D eigenvalue weighted by atomic mass is 79.9. The lowest BCUT2D eigenvalue weighted by atomic mass is 9.95. The Labute approximate surface area is 108 Å². The summed E-state index contributed by atoms with van der Waals surface area (Å²) >= 11 is 3.31. The van der Waals surface area contributed by atoms with E-state index in [1.165, 1.54) is 6.07 Å². The van der Waals surface area contributed by atoms with Crippen LogP contribution in [0.15, 0.2) is 22.7 Å². The molecule has 0 atom stereocenters. The predicted molar refractivity (Wildman–Crippen MR) is 66.8 cm³/mol. The van der Waals surface area contributed by atoms with Crippen LogP contribution < -0.4 is 5.43 Å². The zero-order chi connectivity index (χ0) is 12.6. The summed E-state index contributed by atoms with van der Waals surface area (Å²) in [7, 11) is 3.48. The Morgan fingerprint density at radius 3 is 2.65 bits per heavy atom. The Morgan fingerprint density at radius 2 is 2.12 bits per heavy atom. The summed E-state index contributed by atoms with van der Waals surface area (Å²) in [5.41, 5.74) is 2.50. The number of amides is 1. The Morgan fingerprint density at radius 1 is 1.47 bits per heavy atom. The van der Waals surface area contributed by atoms with Crippen molar-refractivity contribution < 1.29 is 9.18 Å². The van der Waals surface area contributed by atoms with E-state index in [-0.39, 0.29) is 11.7 Å². The van der Waals surface area contributed by atoms with Gasteiger partial charge in [0.1, 0.15) is 5.82 Å². The van der Waals surface area contributed by atoms with Gasteiger partial charge < -0.3 is 0 Å². The van der Waals surface area contributed by atoms with Gasteiger partial charge in [0.15, 0.2) is 0 Å². The lowest BCUT2D eigenvalue weighted by Gasteiger charge is -2.20. The largest absolute Gasteiger partial charge is 0.289 e. The van der Waals surface area contributed by atoms with Crippen LogP contribution >= 0.6 is 15.9 Å². The van der Waals surface area contributed by atoms with Gasteiger partial charge in [-0.3, -0.25) is 10.2 Å². The highest BCUT2D eigenvalue weighted by molar-refractivity contribution is 9.10. The van der Waals surface area contributed by atoms with Crippen molar-refractivity contribution in [3.8, 4) is 0 Å². The number of benzene rings is 1. The minimum absolute atomic E-state index is 0.139. The summed E-state index contributed by atoms with van der Waals surface area (Å²) < 4.78 is 14.6. The molecule has 1 aliphatic carbocycles. The van der Waals surface area contributed by atoms with Crippen LogP contribution in [0.3, 0.4) is 0 Å². The lowest BCUT2D eigenvalue weighted by Crippen LogP contribution is -2.43. The van der Waals surface area contributed by atoms with Gasteiger partial charge in [-0.25, -0.2) is 9.40 Å². The Kier molecular flexibility index (Phi) is 3.23. The Balaban J connectivity index is 2.32. The van der Waals surface area contributed by atoms with Crippen LogP contribution in [0.1, 0.15) is 18.4 Å². The van der Waals surface area contributed by atoms with Crippen LogP contribution in [0, 0.1) is 5.82 Å². The normalized spacial score (nSPS) is 17.0. The van der Waals surface area contributed by atoms with Crippen LogP contribution in [-0.2, 0) is 10.2 Å². The van der Waals surface area contributed by atoms with E-state index in [0.717, 1.165) is 4.47 Å². The second-order valence-electron chi connectivity index (χ2n) is 4.54. The Bertz CT molecular complexity index is 458. The van der Waals surface area contributed by atoms with Crippen molar-refractivity contribution in [1.82, 2.24) is 10.4 Å². The molecule has 0 spiro atoms. The SMILES string of the molecule is CN(C)NC(=O)C1(c2cc(Br)ccc2F)CC1. The first-order chi connectivity index (χ1) is 7.95. The molecule has 0 heterocycles. The first-order valence-corrected chi connectivity index (χ1v) is 6.19. The van der Waals surface area contributed by atoms with E-state index < -0.39 is 5.41 Å². The standard InChI is InChI=1S/C12H14BrFN2O/c1-16(2)15-11(17)12(5-6-12)9-7-8(13)3-4-10(9)14/h3-4,7H,5-6H2,1-2H3,(H,15,17). The first kappa shape index (κ1) is 12.5. The van der Waals surface area contributed by atoms with Gasteiger partial charge in [-0.1, -0.05) is 15.9 Å². The molecule has 1 saturated carbocycles. The summed E-state index contributed by atoms with van der Waals surface area (Å²) in [4.78, 5) is 12.1. The number of hydrogen-bond acceptors (Lipinski definition) is 2. The smallest absolute Gasteiger partial charge is 0.245 e. The lowest BCUT2D eigenvalue weighted by molar-refractivity contribution is -0.127. The molecule has 0 bridgehead atoms. The molecule has 1 aromatic rings. The summed E-state index contributed by atoms with van der Waals surface area (Å²) in [6, 6.07) is 4.72. The van der Waals surface area contributed by atoms with E-state index in [1.807, 2.05) is 0 Å². The zero-order valence-electron chi connectivity index (χ0n) is 9.76. The van der Waals surface area contributed by atoms with E-state index in [9.17, 15) is 9.18 Å². The molecule has 92 valence electrons. The minimum Gasteiger partial charge on any atom is -0.289 e. The van der Waals surface area contributed by atoms with Crippen LogP contribution in [0.5, 0.6) is 0 Å². The number of halogens is 2. The molecule has 0 saturated heterocycles. The maximum atomic E-state index is 13.8. The molecule has 17 heavy (non-hydrogen) atoms. The molecule has 0 aliphatic heterocycles. The van der Waals surface area contributed by atoms with Gasteiger partial charge in [0.25, 0.3) is 0 Å². The fourth-order valence-electron chi connectivity index (χ4n) is 1.92. The molecule has 1 aliphatic rings. The highest BCUT2D eigenvalue weighted by Crippen LogP contribution is 2.49. The molecule has 1 fully saturated rings. The quantitative estimate of drug-likeness (QED) is 0.868. The van der Waals surface area contributed by atoms with E-state index in [2.05, 4.69) is 21.4 Å². The van der Waals surface area contributed by atoms with Crippen molar-refractivity contribution in [2.45, 2.75) is 18.3 Å². The van der Waals surface area contributed by atoms with Crippen LogP contribution in [-0.4, -0.2) is 25.0 Å². The zero-order valence-corrected chi connectivity index (χ0v) is 11.3. The van der Waals surface area contributed by atoms with E-state index in [1.54, 1.807) is 31.2 Å². The van der Waals surface area contributed by atoms with Crippen molar-refractivity contribution in [1.29, 1.82) is 0 Å². The first-order valence-electron chi connectivity index (χ1n) is 5.40. The average Bonchev–Trinajstić information content (AvgIpc) is 3.01. The van der Waals surface area contributed by atoms with Gasteiger partial charge in [-0.05, 0) is 31.0 Å². The number of carbonyl (C=O) groups excluding carboxylic acids is 1. The van der Waals surface area contributed by atoms with E-state index in [4.69, 9.17) is 0 Å². The summed E-state index contributed by atoms with van der Waals surface area (Å²) in [6.45, 7) is 0. The Hall–Kier alpha value is -0.940. The molecule has 0 radical (unpaired) electrons. The third-order valence-corrected chi connectivity index (χ3v) is 3.45. The number of nitrogens with zero attached hydrogens (tertiary/aromatic N) is 1. The summed E-state index contributed by atoms with van der Waals surface area (Å²) in [5.74, 6) is -0.459. The fraction of sp³-hybridized carbons (Fsp3) is 0.417. The molecule has 0 unspecified atom stereocenters. The van der Waals surface area contributed by atoms with Crippen molar-refractivity contribution >= 4 is 21.8 Å². The second kappa shape index (κ2) is 4.38. The molecule has 2 rings (SSSR count). The number of hydrazine groups is 1. The van der Waals surface area contributed by atoms with Gasteiger partial charge in [0, 0.05) is 24.1 Å². The molecule has 3 nitrogen and oxygen atoms in total. The molecular formula is C12H14BrFN2O. The number of hydrogen-bond donors (Lipinski definition) is 1. The summed E-state index contributed by atoms with van der Waals surface area (Å²) in [5, 5.41) is 1.58. The minimum atomic E-state index is -0.682. The topological polar surface area (TPSA) is 32.3 Å². The van der Waals surface area contributed by atoms with Crippen molar-refractivity contribution in [3.63, 3.8) is 0 Å². The third kappa shape index (κ3) is 2.35. The average molecular weight is 301 g/mol. The fourth-order valence-corrected chi connectivity index (χ4v) is 2.28. The number of carbonyl (C=O) groups is 1. The maximum absolute atomic E-state index is 13.8. The van der Waals surface area contributed by atoms with Crippen LogP contribution in [0.25, 0.3) is 0 Å². The molecule has 1 amide bonds. The maximum Gasteiger partial charge on any atom is 0.245 e. The number of rotatable bonds is 3. The van der Waals surface area contributed by atoms with Gasteiger partial charge in [0.05, 0.1) is 5.41 Å². The second-order valence-corrected chi connectivity index (χ2v) is 5.46. The molecular weight excluding hydrogens is 287 g/mol. The van der Waals surface area contributed by atoms with Gasteiger partial charge in [-0.2, -0.15) is 0 Å². The van der Waals surface area contributed by atoms with Crippen molar-refractivity contribution in [3.05, 3.63) is 34.1 Å². The molecule has 1 N–H and O–H groups in total. The van der Waals surface area contributed by atoms with Crippen LogP contribution in [0.4, 0.5) is 4.39 Å². The highest BCUT2D eigenvalue weighted by Gasteiger charge is 2.53. The van der Waals surface area contributed by atoms with E-state index in [0.29, 0.717) is 18.4 Å². The van der Waals surface area contributed by atoms with Crippen molar-refractivity contribution in [2.24, 2.45) is 0 Å². The van der Waals surface area contributed by atoms with Gasteiger partial charge in [0.2, 0.25) is 5.91 Å². The molecule has 0 aromatic heterocycles. The molecule has 5 heteroatoms. The molecule has 1 aromatic carbocycles. The van der Waals surface area contributed by atoms with Gasteiger partial charge in [-0.15, -0.1) is 0 Å². The van der Waals surface area contributed by atoms with Crippen molar-refractivity contribution in [2.75, 3.05) is 14.1 Å². The third-order valence-electron chi connectivity index (χ3n) is 2.95. The number of nitrogens with one attached hydrogen (secondary N) is 1. The monoisotopic (exact) mass is 300 g/mol. The van der Waals surface area contributed by atoms with E-state index >= 15 is 0 Å². The predicted octanol–water partition coefficient (Wildman–Crippen LogP) is 2.21.